The van der Waals surface area contributed by atoms with E-state index < -0.39 is 0 Å². The Morgan fingerprint density at radius 1 is 0.893 bits per heavy atom. The summed E-state index contributed by atoms with van der Waals surface area (Å²) in [5, 5.41) is 7.93. The number of rotatable bonds is 6. The number of hydrogen-bond acceptors (Lipinski definition) is 6. The molecule has 0 spiro atoms. The van der Waals surface area contributed by atoms with Gasteiger partial charge in [0.1, 0.15) is 0 Å². The van der Waals surface area contributed by atoms with Crippen molar-refractivity contribution in [3.05, 3.63) is 90.5 Å². The van der Waals surface area contributed by atoms with E-state index in [1.54, 1.807) is 23.4 Å². The van der Waals surface area contributed by atoms with E-state index in [4.69, 9.17) is 0 Å². The van der Waals surface area contributed by atoms with E-state index in [-0.39, 0.29) is 5.91 Å². The SMILES string of the molecule is O=C(NNN(c1ccccc1)c1ccccc1)c1ccccc1N1CSC=N1. The number of hydrazone groups is 1. The Morgan fingerprint density at radius 2 is 1.50 bits per heavy atom. The molecule has 0 aromatic heterocycles. The van der Waals surface area contributed by atoms with Crippen LogP contribution in [0.4, 0.5) is 17.1 Å². The molecule has 0 aliphatic carbocycles. The van der Waals surface area contributed by atoms with Gasteiger partial charge in [0, 0.05) is 0 Å². The molecule has 7 heteroatoms. The molecular weight excluding hydrogens is 370 g/mol. The van der Waals surface area contributed by atoms with E-state index in [1.807, 2.05) is 88.9 Å². The smallest absolute Gasteiger partial charge is 0.268 e. The fourth-order valence-electron chi connectivity index (χ4n) is 2.86. The van der Waals surface area contributed by atoms with Gasteiger partial charge in [0.05, 0.1) is 34.0 Å². The third-order valence-corrected chi connectivity index (χ3v) is 4.83. The lowest BCUT2D eigenvalue weighted by molar-refractivity contribution is 0.0934. The van der Waals surface area contributed by atoms with Crippen LogP contribution in [0.15, 0.2) is 90.0 Å². The van der Waals surface area contributed by atoms with Crippen molar-refractivity contribution >= 4 is 40.3 Å². The van der Waals surface area contributed by atoms with Crippen molar-refractivity contribution in [2.45, 2.75) is 0 Å². The second-order valence-electron chi connectivity index (χ2n) is 6.01. The van der Waals surface area contributed by atoms with E-state index in [0.717, 1.165) is 17.1 Å². The first kappa shape index (κ1) is 18.1. The molecule has 0 atom stereocenters. The van der Waals surface area contributed by atoms with Gasteiger partial charge in [-0.3, -0.25) is 20.2 Å². The number of anilines is 3. The normalized spacial score (nSPS) is 12.8. The van der Waals surface area contributed by atoms with Gasteiger partial charge < -0.3 is 0 Å². The fraction of sp³-hybridized carbons (Fsp3) is 0.0476. The maximum atomic E-state index is 12.9. The summed E-state index contributed by atoms with van der Waals surface area (Å²) < 4.78 is 0. The molecule has 0 radical (unpaired) electrons. The lowest BCUT2D eigenvalue weighted by Crippen LogP contribution is -2.47. The van der Waals surface area contributed by atoms with Crippen LogP contribution in [-0.4, -0.2) is 17.3 Å². The number of carbonyl (C=O) groups is 1. The first-order valence-electron chi connectivity index (χ1n) is 8.80. The number of hydrogen-bond donors (Lipinski definition) is 2. The van der Waals surface area contributed by atoms with E-state index in [9.17, 15) is 4.79 Å². The molecule has 0 fully saturated rings. The summed E-state index contributed by atoms with van der Waals surface area (Å²) in [4.78, 5) is 12.9. The molecule has 28 heavy (non-hydrogen) atoms. The summed E-state index contributed by atoms with van der Waals surface area (Å²) in [5.74, 6) is 0.456. The zero-order chi connectivity index (χ0) is 19.2. The van der Waals surface area contributed by atoms with Gasteiger partial charge in [0.25, 0.3) is 5.91 Å². The van der Waals surface area contributed by atoms with Gasteiger partial charge in [-0.25, -0.2) is 0 Å². The average molecular weight is 389 g/mol. The van der Waals surface area contributed by atoms with Crippen molar-refractivity contribution in [2.75, 3.05) is 15.9 Å². The third-order valence-electron chi connectivity index (χ3n) is 4.19. The molecular formula is C21H19N5OS. The monoisotopic (exact) mass is 389 g/mol. The summed E-state index contributed by atoms with van der Waals surface area (Å²) in [6.45, 7) is 0. The second kappa shape index (κ2) is 8.60. The number of amides is 1. The first-order chi connectivity index (χ1) is 13.8. The van der Waals surface area contributed by atoms with Crippen LogP contribution in [0.3, 0.4) is 0 Å². The van der Waals surface area contributed by atoms with Crippen molar-refractivity contribution in [3.8, 4) is 0 Å². The number of hydrazine groups is 2. The average Bonchev–Trinajstić information content (AvgIpc) is 3.30. The Morgan fingerprint density at radius 3 is 2.11 bits per heavy atom. The van der Waals surface area contributed by atoms with Crippen molar-refractivity contribution in [1.29, 1.82) is 0 Å². The Labute approximate surface area is 167 Å². The van der Waals surface area contributed by atoms with Crippen LogP contribution in [0.1, 0.15) is 10.4 Å². The molecule has 0 saturated carbocycles. The lowest BCUT2D eigenvalue weighted by atomic mass is 10.1. The van der Waals surface area contributed by atoms with Crippen LogP contribution in [0.5, 0.6) is 0 Å². The number of thioether (sulfide) groups is 1. The molecule has 4 rings (SSSR count). The molecule has 1 aliphatic rings. The molecule has 1 amide bonds. The minimum atomic E-state index is -0.237. The molecule has 1 aliphatic heterocycles. The number of nitrogens with zero attached hydrogens (tertiary/aromatic N) is 3. The van der Waals surface area contributed by atoms with Gasteiger partial charge in [0.15, 0.2) is 0 Å². The van der Waals surface area contributed by atoms with Crippen molar-refractivity contribution in [3.63, 3.8) is 0 Å². The Kier molecular flexibility index (Phi) is 5.56. The van der Waals surface area contributed by atoms with Crippen molar-refractivity contribution < 1.29 is 4.79 Å². The molecule has 140 valence electrons. The molecule has 0 saturated heterocycles. The summed E-state index contributed by atoms with van der Waals surface area (Å²) in [6, 6.07) is 27.0. The molecule has 3 aromatic carbocycles. The highest BCUT2D eigenvalue weighted by atomic mass is 32.2. The van der Waals surface area contributed by atoms with E-state index in [1.165, 1.54) is 0 Å². The molecule has 6 nitrogen and oxygen atoms in total. The standard InChI is InChI=1S/C21H19N5OS/c27-21(19-13-7-8-14-20(19)25-16-28-15-22-25)23-24-26(17-9-3-1-4-10-17)18-11-5-2-6-12-18/h1-15,24H,16H2,(H,23,27). The van der Waals surface area contributed by atoms with E-state index in [0.29, 0.717) is 11.4 Å². The molecule has 1 heterocycles. The predicted octanol–water partition coefficient (Wildman–Crippen LogP) is 4.13. The highest BCUT2D eigenvalue weighted by Gasteiger charge is 2.18. The van der Waals surface area contributed by atoms with Crippen LogP contribution in [0, 0.1) is 0 Å². The Bertz CT molecular complexity index is 925. The van der Waals surface area contributed by atoms with E-state index in [2.05, 4.69) is 16.1 Å². The minimum absolute atomic E-state index is 0.237. The summed E-state index contributed by atoms with van der Waals surface area (Å²) in [5.41, 5.74) is 10.8. The van der Waals surface area contributed by atoms with Gasteiger partial charge in [-0.05, 0) is 36.4 Å². The van der Waals surface area contributed by atoms with Gasteiger partial charge in [-0.2, -0.15) is 5.10 Å². The predicted molar refractivity (Wildman–Crippen MR) is 115 cm³/mol. The van der Waals surface area contributed by atoms with Gasteiger partial charge >= 0.3 is 0 Å². The van der Waals surface area contributed by atoms with Crippen LogP contribution < -0.4 is 21.0 Å². The number of para-hydroxylation sites is 3. The van der Waals surface area contributed by atoms with Crippen LogP contribution >= 0.6 is 11.8 Å². The van der Waals surface area contributed by atoms with Crippen molar-refractivity contribution in [1.82, 2.24) is 11.0 Å². The summed E-state index contributed by atoms with van der Waals surface area (Å²) in [6.07, 6.45) is 0. The molecule has 2 N–H and O–H groups in total. The first-order valence-corrected chi connectivity index (χ1v) is 9.84. The summed E-state index contributed by atoms with van der Waals surface area (Å²) in [7, 11) is 0. The molecule has 0 bridgehead atoms. The maximum absolute atomic E-state index is 12.9. The zero-order valence-electron chi connectivity index (χ0n) is 15.0. The van der Waals surface area contributed by atoms with Gasteiger partial charge in [0.2, 0.25) is 0 Å². The quantitative estimate of drug-likeness (QED) is 0.621. The molecule has 0 unspecified atom stereocenters. The van der Waals surface area contributed by atoms with Crippen LogP contribution in [0.2, 0.25) is 0 Å². The van der Waals surface area contributed by atoms with Crippen molar-refractivity contribution in [2.24, 2.45) is 5.10 Å². The zero-order valence-corrected chi connectivity index (χ0v) is 15.8. The van der Waals surface area contributed by atoms with Crippen LogP contribution in [0.25, 0.3) is 0 Å². The third kappa shape index (κ3) is 4.00. The lowest BCUT2D eigenvalue weighted by Gasteiger charge is -2.26. The number of nitrogens with one attached hydrogen (secondary N) is 2. The fourth-order valence-corrected chi connectivity index (χ4v) is 3.45. The van der Waals surface area contributed by atoms with Gasteiger partial charge in [-0.1, -0.05) is 60.3 Å². The van der Waals surface area contributed by atoms with Gasteiger partial charge in [-0.15, -0.1) is 5.53 Å². The maximum Gasteiger partial charge on any atom is 0.268 e. The number of carbonyl (C=O) groups excluding carboxylic acids is 1. The highest BCUT2D eigenvalue weighted by Crippen LogP contribution is 2.26. The topological polar surface area (TPSA) is 60.0 Å². The van der Waals surface area contributed by atoms with E-state index >= 15 is 0 Å². The second-order valence-corrected chi connectivity index (χ2v) is 6.81. The number of benzene rings is 3. The summed E-state index contributed by atoms with van der Waals surface area (Å²) >= 11 is 1.59. The molecule has 3 aromatic rings. The highest BCUT2D eigenvalue weighted by molar-refractivity contribution is 8.12. The largest absolute Gasteiger partial charge is 0.269 e. The Balaban J connectivity index is 1.55. The minimum Gasteiger partial charge on any atom is -0.269 e. The van der Waals surface area contributed by atoms with Crippen LogP contribution in [-0.2, 0) is 0 Å². The Hall–Kier alpha value is -3.29.